The van der Waals surface area contributed by atoms with Crippen LogP contribution in [0.3, 0.4) is 0 Å². The van der Waals surface area contributed by atoms with Crippen LogP contribution in [0.15, 0.2) is 242 Å². The molecule has 7 aliphatic rings. The van der Waals surface area contributed by atoms with E-state index in [1.807, 2.05) is 0 Å². The van der Waals surface area contributed by atoms with E-state index >= 15 is 0 Å². The van der Waals surface area contributed by atoms with Crippen molar-refractivity contribution in [1.82, 2.24) is 0 Å². The summed E-state index contributed by atoms with van der Waals surface area (Å²) < 4.78 is 0. The monoisotopic (exact) mass is 1600 g/mol. The summed E-state index contributed by atoms with van der Waals surface area (Å²) in [5, 5.41) is 0. The first-order valence-corrected chi connectivity index (χ1v) is 55.5. The molecule has 0 fully saturated rings. The molecule has 0 saturated carbocycles. The number of fused-ring (bicyclic) bond motifs is 12. The van der Waals surface area contributed by atoms with Crippen molar-refractivity contribution in [3.05, 3.63) is 303 Å². The van der Waals surface area contributed by atoms with Crippen LogP contribution in [0.2, 0.25) is 83.1 Å². The average Bonchev–Trinajstić information content (AvgIpc) is 1.56. The summed E-state index contributed by atoms with van der Waals surface area (Å²) in [4.78, 5) is 0. The third-order valence-electron chi connectivity index (χ3n) is 21.2. The predicted molar refractivity (Wildman–Crippen MR) is 511 cm³/mol. The Kier molecular flexibility index (Phi) is 35.9. The fraction of sp³-hybridized carbons (Fsp3) is 0.390. The van der Waals surface area contributed by atoms with E-state index in [2.05, 4.69) is 371 Å². The summed E-state index contributed by atoms with van der Waals surface area (Å²) in [6, 6.07) is 90.6. The van der Waals surface area contributed by atoms with E-state index in [4.69, 9.17) is 22.2 Å². The van der Waals surface area contributed by atoms with Crippen LogP contribution in [-0.2, 0) is 12.5 Å². The Hall–Kier alpha value is -6.39. The molecule has 0 aromatic heterocycles. The van der Waals surface area contributed by atoms with Crippen molar-refractivity contribution in [2.75, 3.05) is 0 Å². The molecule has 7 aliphatic carbocycles. The molecular formula is C100H145Cl2O3Si5-. The topological polar surface area (TPSA) is 94.5 Å². The zero-order valence-electron chi connectivity index (χ0n) is 66.1. The molecule has 10 heteroatoms. The van der Waals surface area contributed by atoms with Gasteiger partial charge in [0, 0.05) is 32.8 Å². The van der Waals surface area contributed by atoms with E-state index in [0.717, 1.165) is 24.9 Å². The first-order chi connectivity index (χ1) is 47.5. The normalized spacial score (nSPS) is 16.0. The van der Waals surface area contributed by atoms with Gasteiger partial charge in [-0.2, -0.15) is 46.4 Å². The molecule has 3 nitrogen and oxygen atoms in total. The van der Waals surface area contributed by atoms with Crippen LogP contribution in [0.1, 0.15) is 204 Å². The molecule has 0 spiro atoms. The Morgan fingerprint density at radius 1 is 0.382 bits per heavy atom. The van der Waals surface area contributed by atoms with Gasteiger partial charge in [0.25, 0.3) is 0 Å². The van der Waals surface area contributed by atoms with Gasteiger partial charge in [-0.05, 0) is 153 Å². The highest BCUT2D eigenvalue weighted by molar-refractivity contribution is 7.21. The molecule has 15 rings (SSSR count). The van der Waals surface area contributed by atoms with Crippen LogP contribution in [0.5, 0.6) is 0 Å². The minimum absolute atomic E-state index is 0. The highest BCUT2D eigenvalue weighted by Crippen LogP contribution is 2.58. The van der Waals surface area contributed by atoms with E-state index < -0.39 is 39.0 Å². The number of halogens is 2. The number of hydrogen-bond donors (Lipinski definition) is 0. The van der Waals surface area contributed by atoms with Gasteiger partial charge in [0.2, 0.25) is 0 Å². The van der Waals surface area contributed by atoms with Crippen molar-refractivity contribution in [3.8, 4) is 44.5 Å². The van der Waals surface area contributed by atoms with E-state index in [-0.39, 0.29) is 71.8 Å². The molecule has 0 radical (unpaired) electrons. The SMILES string of the molecule is C.C.C.C.C.C.CC(C)(C)C[Si](C)(Cl)C1c2ccccc2-c2ccccc21.CC(C)(C)C[Si](C)(Cl)C1c2ccccc2-c2ccccc21.CCC1=Cc2ccccc2C1[Si](C)(CC(C)(C)C)C1C=C(C[Si](C)(C)C)c2ccccc21.C[Si](C)(C)Cc1cc2cc[cH-]cc-2c1.O.O.O.c1ccc2c(c1)Cc1ccccc1-2. The second kappa shape index (κ2) is 39.6. The molecule has 8 aromatic rings. The van der Waals surface area contributed by atoms with Crippen LogP contribution in [0.4, 0.5) is 0 Å². The molecule has 0 bridgehead atoms. The molecular weight excluding hydrogens is 1460 g/mol. The molecule has 0 aliphatic heterocycles. The summed E-state index contributed by atoms with van der Waals surface area (Å²) in [7, 11) is -7.88. The zero-order valence-corrected chi connectivity index (χ0v) is 72.6. The van der Waals surface area contributed by atoms with Gasteiger partial charge in [-0.15, -0.1) is 17.2 Å². The number of benzene rings is 9. The molecule has 0 amide bonds. The lowest BCUT2D eigenvalue weighted by atomic mass is 10.0. The molecule has 6 N–H and O–H groups in total. The summed E-state index contributed by atoms with van der Waals surface area (Å²) in [5.41, 5.74) is 33.8. The smallest absolute Gasteiger partial charge is 0.165 e. The third kappa shape index (κ3) is 23.2. The summed E-state index contributed by atoms with van der Waals surface area (Å²) in [6.45, 7) is 45.8. The Labute approximate surface area is 686 Å². The van der Waals surface area contributed by atoms with Crippen LogP contribution < -0.4 is 0 Å². The number of allylic oxidation sites excluding steroid dienone is 3. The minimum atomic E-state index is -1.94. The molecule has 5 atom stereocenters. The number of hydrogen-bond acceptors (Lipinski definition) is 0. The van der Waals surface area contributed by atoms with Gasteiger partial charge in [0.1, 0.15) is 0 Å². The maximum Gasteiger partial charge on any atom is 0.165 e. The van der Waals surface area contributed by atoms with E-state index in [1.54, 1.807) is 27.8 Å². The maximum absolute atomic E-state index is 7.22. The Morgan fingerprint density at radius 2 is 0.727 bits per heavy atom. The van der Waals surface area contributed by atoms with Crippen molar-refractivity contribution < 1.29 is 16.4 Å². The maximum atomic E-state index is 7.22. The summed E-state index contributed by atoms with van der Waals surface area (Å²) >= 11 is 14.4. The van der Waals surface area contributed by atoms with Crippen LogP contribution in [-0.4, -0.2) is 55.4 Å². The van der Waals surface area contributed by atoms with Gasteiger partial charge in [-0.25, -0.2) is 0 Å². The van der Waals surface area contributed by atoms with Crippen molar-refractivity contribution >= 4 is 72.8 Å². The Bertz CT molecular complexity index is 4300. The van der Waals surface area contributed by atoms with E-state index in [9.17, 15) is 0 Å². The number of rotatable bonds is 12. The average molecular weight is 1610 g/mol. The lowest BCUT2D eigenvalue weighted by Crippen LogP contribution is -2.47. The molecule has 110 heavy (non-hydrogen) atoms. The molecule has 5 unspecified atom stereocenters. The highest BCUT2D eigenvalue weighted by atomic mass is 35.6. The standard InChI is InChI=1S/C30H42Si2.2C19H23ClSi.C13H17Si.C13H10.6CH4.3H2O/c1-9-22-18-23-14-10-11-16-26(23)29(22)32(8,21-30(2,3)4)28-19-24(20-31(5,6)7)25-15-12-13-17-27(25)28;2*1-19(2,3)13-21(4,20)18-16-11-7-5-9-14(16)15-10-6-8-12-17(15)18;1-14(2,3)10-11-8-12-6-4-5-7-13(12)9-11;1-3-7-12-10(5-1)9-11-6-2-4-8-13(11)12;;;;;;;;;/h10-19,28-29H,9,20-21H2,1-8H3;2*5-12,18H,13H2,1-4H3;4-9H,10H2,1-3H3;1-8H,9H2;6*1H4;3*1H2/q;;;-1;;;;;;;;;;. The second-order valence-electron chi connectivity index (χ2n) is 36.8. The van der Waals surface area contributed by atoms with Crippen LogP contribution >= 0.6 is 22.2 Å². The quantitative estimate of drug-likeness (QED) is 0.0662. The van der Waals surface area contributed by atoms with Gasteiger partial charge in [-0.3, -0.25) is 0 Å². The zero-order chi connectivity index (χ0) is 72.7. The van der Waals surface area contributed by atoms with Crippen molar-refractivity contribution in [3.63, 3.8) is 0 Å². The minimum Gasteiger partial charge on any atom is -0.412 e. The lowest BCUT2D eigenvalue weighted by Gasteiger charge is -2.44. The van der Waals surface area contributed by atoms with Crippen molar-refractivity contribution in [1.29, 1.82) is 0 Å². The lowest BCUT2D eigenvalue weighted by molar-refractivity contribution is 0.456. The van der Waals surface area contributed by atoms with Gasteiger partial charge in [0.15, 0.2) is 14.8 Å². The van der Waals surface area contributed by atoms with Crippen LogP contribution in [0.25, 0.3) is 56.2 Å². The summed E-state index contributed by atoms with van der Waals surface area (Å²) in [5.74, 6) is 0. The van der Waals surface area contributed by atoms with Gasteiger partial charge in [0.05, 0.1) is 8.07 Å². The first kappa shape index (κ1) is 99.7. The first-order valence-electron chi connectivity index (χ1n) is 37.7. The highest BCUT2D eigenvalue weighted by Gasteiger charge is 2.52. The third-order valence-corrected chi connectivity index (χ3v) is 39.1. The van der Waals surface area contributed by atoms with Gasteiger partial charge in [-0.1, -0.05) is 402 Å². The molecule has 0 heterocycles. The Balaban J connectivity index is 0.000000472. The van der Waals surface area contributed by atoms with Crippen LogP contribution in [0, 0.1) is 16.2 Å². The molecule has 0 saturated heterocycles. The molecule has 8 aromatic carbocycles. The van der Waals surface area contributed by atoms with Gasteiger partial charge < -0.3 is 16.4 Å². The Morgan fingerprint density at radius 3 is 1.11 bits per heavy atom. The fourth-order valence-corrected chi connectivity index (χ4v) is 40.2. The summed E-state index contributed by atoms with van der Waals surface area (Å²) in [6.07, 6.45) is 7.55. The predicted octanol–water partition coefficient (Wildman–Crippen LogP) is 30.2. The van der Waals surface area contributed by atoms with Crippen molar-refractivity contribution in [2.24, 2.45) is 16.2 Å². The van der Waals surface area contributed by atoms with Gasteiger partial charge >= 0.3 is 0 Å². The second-order valence-corrected chi connectivity index (χ2v) is 64.5. The van der Waals surface area contributed by atoms with Crippen molar-refractivity contribution in [2.45, 2.75) is 238 Å². The largest absolute Gasteiger partial charge is 0.412 e. The van der Waals surface area contributed by atoms with E-state index in [1.165, 1.54) is 107 Å². The van der Waals surface area contributed by atoms with E-state index in [0.29, 0.717) is 27.6 Å². The molecule has 598 valence electrons. The fourth-order valence-electron chi connectivity index (χ4n) is 18.6.